The van der Waals surface area contributed by atoms with E-state index in [9.17, 15) is 0 Å². The summed E-state index contributed by atoms with van der Waals surface area (Å²) in [5.74, 6) is 0. The number of hydrogen-bond acceptors (Lipinski definition) is 2. The summed E-state index contributed by atoms with van der Waals surface area (Å²) in [5.41, 5.74) is 2.82. The fourth-order valence-electron chi connectivity index (χ4n) is 3.48. The largest absolute Gasteiger partial charge is 0.369 e. The Bertz CT molecular complexity index is 559. The molecule has 127 valence electrons. The van der Waals surface area contributed by atoms with Crippen molar-refractivity contribution in [2.24, 2.45) is 0 Å². The van der Waals surface area contributed by atoms with E-state index in [0.717, 1.165) is 13.1 Å². The fourth-order valence-corrected chi connectivity index (χ4v) is 3.48. The maximum atomic E-state index is 3.10. The van der Waals surface area contributed by atoms with Crippen molar-refractivity contribution in [3.05, 3.63) is 66.2 Å². The SMILES string of the molecule is [c]1ccc(N2CCN(CCCCCCc3ccccc3)CC2)cc1. The zero-order chi connectivity index (χ0) is 16.5. The first-order valence-corrected chi connectivity index (χ1v) is 9.39. The Hall–Kier alpha value is -1.80. The Morgan fingerprint density at radius 1 is 0.750 bits per heavy atom. The van der Waals surface area contributed by atoms with Gasteiger partial charge in [-0.1, -0.05) is 55.3 Å². The Labute approximate surface area is 147 Å². The molecular weight excluding hydrogens is 292 g/mol. The molecule has 1 aliphatic rings. The molecule has 0 N–H and O–H groups in total. The molecule has 1 saturated heterocycles. The molecule has 24 heavy (non-hydrogen) atoms. The highest BCUT2D eigenvalue weighted by molar-refractivity contribution is 5.46. The lowest BCUT2D eigenvalue weighted by atomic mass is 10.1. The number of piperazine rings is 1. The van der Waals surface area contributed by atoms with Gasteiger partial charge in [0.2, 0.25) is 0 Å². The lowest BCUT2D eigenvalue weighted by Crippen LogP contribution is -2.46. The lowest BCUT2D eigenvalue weighted by Gasteiger charge is -2.36. The van der Waals surface area contributed by atoms with Gasteiger partial charge in [-0.2, -0.15) is 0 Å². The topological polar surface area (TPSA) is 6.48 Å². The van der Waals surface area contributed by atoms with Crippen molar-refractivity contribution >= 4 is 5.69 Å². The standard InChI is InChI=1S/C22H29N2/c1(5-11-21-12-6-3-7-13-21)2-10-16-23-17-19-24(20-18-23)22-14-8-4-9-15-22/h3,6-9,12-15H,1-2,5,10-11,16-20H2. The number of rotatable bonds is 8. The summed E-state index contributed by atoms with van der Waals surface area (Å²) in [6, 6.07) is 22.3. The zero-order valence-corrected chi connectivity index (χ0v) is 14.7. The van der Waals surface area contributed by atoms with Gasteiger partial charge < -0.3 is 4.90 Å². The van der Waals surface area contributed by atoms with Crippen molar-refractivity contribution in [1.82, 2.24) is 4.90 Å². The first-order valence-electron chi connectivity index (χ1n) is 9.39. The maximum Gasteiger partial charge on any atom is 0.0367 e. The summed E-state index contributed by atoms with van der Waals surface area (Å²) in [7, 11) is 0. The lowest BCUT2D eigenvalue weighted by molar-refractivity contribution is 0.252. The van der Waals surface area contributed by atoms with Crippen LogP contribution in [0, 0.1) is 6.07 Å². The summed E-state index contributed by atoms with van der Waals surface area (Å²) in [6.45, 7) is 5.96. The molecule has 0 spiro atoms. The molecule has 1 heterocycles. The Morgan fingerprint density at radius 3 is 2.21 bits per heavy atom. The maximum absolute atomic E-state index is 3.10. The van der Waals surface area contributed by atoms with Gasteiger partial charge in [-0.25, -0.2) is 0 Å². The number of aryl methyl sites for hydroxylation is 1. The quantitative estimate of drug-likeness (QED) is 0.664. The van der Waals surface area contributed by atoms with E-state index in [1.54, 1.807) is 0 Å². The van der Waals surface area contributed by atoms with E-state index < -0.39 is 0 Å². The Balaban J connectivity index is 1.25. The number of benzene rings is 2. The molecule has 1 fully saturated rings. The molecule has 0 amide bonds. The van der Waals surface area contributed by atoms with Gasteiger partial charge in [-0.3, -0.25) is 4.90 Å². The molecule has 1 aliphatic heterocycles. The molecule has 2 nitrogen and oxygen atoms in total. The van der Waals surface area contributed by atoms with Crippen LogP contribution in [-0.2, 0) is 6.42 Å². The third-order valence-electron chi connectivity index (χ3n) is 4.97. The van der Waals surface area contributed by atoms with Gasteiger partial charge in [0.05, 0.1) is 0 Å². The van der Waals surface area contributed by atoms with Gasteiger partial charge >= 0.3 is 0 Å². The fraction of sp³-hybridized carbons (Fsp3) is 0.455. The van der Waals surface area contributed by atoms with Crippen molar-refractivity contribution in [2.45, 2.75) is 32.1 Å². The first-order chi connectivity index (χ1) is 11.9. The second kappa shape index (κ2) is 9.48. The summed E-state index contributed by atoms with van der Waals surface area (Å²) >= 11 is 0. The molecular formula is C22H29N2. The van der Waals surface area contributed by atoms with Crippen molar-refractivity contribution < 1.29 is 0 Å². The summed E-state index contributed by atoms with van der Waals surface area (Å²) < 4.78 is 0. The molecule has 3 rings (SSSR count). The van der Waals surface area contributed by atoms with Crippen molar-refractivity contribution in [3.63, 3.8) is 0 Å². The Morgan fingerprint density at radius 2 is 1.46 bits per heavy atom. The van der Waals surface area contributed by atoms with E-state index in [-0.39, 0.29) is 0 Å². The smallest absolute Gasteiger partial charge is 0.0367 e. The van der Waals surface area contributed by atoms with Crippen molar-refractivity contribution in [3.8, 4) is 0 Å². The summed E-state index contributed by atoms with van der Waals surface area (Å²) in [6.07, 6.45) is 6.61. The molecule has 1 radical (unpaired) electrons. The highest BCUT2D eigenvalue weighted by Crippen LogP contribution is 2.16. The minimum atomic E-state index is 1.15. The average molecular weight is 321 g/mol. The van der Waals surface area contributed by atoms with Crippen LogP contribution in [0.1, 0.15) is 31.2 Å². The van der Waals surface area contributed by atoms with Crippen LogP contribution in [-0.4, -0.2) is 37.6 Å². The molecule has 2 aromatic rings. The van der Waals surface area contributed by atoms with Gasteiger partial charge in [-0.05, 0) is 49.6 Å². The predicted octanol–water partition coefficient (Wildman–Crippen LogP) is 4.41. The van der Waals surface area contributed by atoms with Crippen LogP contribution in [0.25, 0.3) is 0 Å². The second-order valence-electron chi connectivity index (χ2n) is 6.74. The third kappa shape index (κ3) is 5.38. The minimum Gasteiger partial charge on any atom is -0.369 e. The minimum absolute atomic E-state index is 1.15. The van der Waals surface area contributed by atoms with Gasteiger partial charge in [0, 0.05) is 31.9 Å². The molecule has 0 unspecified atom stereocenters. The van der Waals surface area contributed by atoms with Crippen molar-refractivity contribution in [2.75, 3.05) is 37.6 Å². The van der Waals surface area contributed by atoms with Gasteiger partial charge in [0.25, 0.3) is 0 Å². The van der Waals surface area contributed by atoms with Crippen LogP contribution in [0.5, 0.6) is 0 Å². The van der Waals surface area contributed by atoms with Crippen LogP contribution in [0.3, 0.4) is 0 Å². The van der Waals surface area contributed by atoms with Gasteiger partial charge in [0.15, 0.2) is 0 Å². The van der Waals surface area contributed by atoms with Crippen LogP contribution in [0.15, 0.2) is 54.6 Å². The number of hydrogen-bond donors (Lipinski definition) is 0. The Kier molecular flexibility index (Phi) is 6.73. The van der Waals surface area contributed by atoms with E-state index in [1.165, 1.54) is 63.0 Å². The summed E-state index contributed by atoms with van der Waals surface area (Å²) in [4.78, 5) is 5.12. The van der Waals surface area contributed by atoms with E-state index >= 15 is 0 Å². The summed E-state index contributed by atoms with van der Waals surface area (Å²) in [5, 5.41) is 0. The molecule has 2 aromatic carbocycles. The molecule has 0 atom stereocenters. The van der Waals surface area contributed by atoms with E-state index in [4.69, 9.17) is 0 Å². The van der Waals surface area contributed by atoms with Gasteiger partial charge in [-0.15, -0.1) is 0 Å². The predicted molar refractivity (Wildman–Crippen MR) is 103 cm³/mol. The normalized spacial score (nSPS) is 15.6. The zero-order valence-electron chi connectivity index (χ0n) is 14.7. The monoisotopic (exact) mass is 321 g/mol. The van der Waals surface area contributed by atoms with E-state index in [2.05, 4.69) is 58.3 Å². The number of anilines is 1. The average Bonchev–Trinajstić information content (AvgIpc) is 2.67. The van der Waals surface area contributed by atoms with Crippen LogP contribution in [0.2, 0.25) is 0 Å². The molecule has 0 aliphatic carbocycles. The van der Waals surface area contributed by atoms with Crippen molar-refractivity contribution in [1.29, 1.82) is 0 Å². The first kappa shape index (κ1) is 17.0. The molecule has 0 aromatic heterocycles. The highest BCUT2D eigenvalue weighted by atomic mass is 15.3. The van der Waals surface area contributed by atoms with E-state index in [0.29, 0.717) is 0 Å². The molecule has 2 heteroatoms. The number of unbranched alkanes of at least 4 members (excludes halogenated alkanes) is 3. The van der Waals surface area contributed by atoms with Crippen LogP contribution < -0.4 is 4.90 Å². The molecule has 0 bridgehead atoms. The van der Waals surface area contributed by atoms with Gasteiger partial charge in [0.1, 0.15) is 0 Å². The highest BCUT2D eigenvalue weighted by Gasteiger charge is 2.16. The van der Waals surface area contributed by atoms with Crippen LogP contribution in [0.4, 0.5) is 5.69 Å². The third-order valence-corrected chi connectivity index (χ3v) is 4.97. The van der Waals surface area contributed by atoms with E-state index in [1.807, 2.05) is 12.1 Å². The second-order valence-corrected chi connectivity index (χ2v) is 6.74. The molecule has 0 saturated carbocycles. The van der Waals surface area contributed by atoms with Crippen LogP contribution >= 0.6 is 0 Å². The number of nitrogens with zero attached hydrogens (tertiary/aromatic N) is 2.